The Morgan fingerprint density at radius 1 is 1.06 bits per heavy atom. The summed E-state index contributed by atoms with van der Waals surface area (Å²) in [5, 5.41) is 1.25. The molecule has 4 heteroatoms. The monoisotopic (exact) mass is 280 g/mol. The molecular weight excluding hydrogens is 267 g/mol. The summed E-state index contributed by atoms with van der Waals surface area (Å²) in [7, 11) is 2.00. The minimum Gasteiger partial charge on any atom is -0.353 e. The van der Waals surface area contributed by atoms with Gasteiger partial charge in [-0.25, -0.2) is 4.98 Å². The van der Waals surface area contributed by atoms with E-state index in [1.165, 1.54) is 5.56 Å². The maximum atomic E-state index is 5.91. The smallest absolute Gasteiger partial charge is 0.131 e. The van der Waals surface area contributed by atoms with Crippen LogP contribution in [0.5, 0.6) is 0 Å². The molecule has 2 nitrogen and oxygen atoms in total. The summed E-state index contributed by atoms with van der Waals surface area (Å²) in [5.41, 5.74) is 1.18. The lowest BCUT2D eigenvalue weighted by atomic mass is 10.1. The molecule has 1 heterocycles. The van der Waals surface area contributed by atoms with Crippen LogP contribution < -0.4 is 4.90 Å². The number of hydrogen-bond donors (Lipinski definition) is 0. The summed E-state index contributed by atoms with van der Waals surface area (Å²) in [6.07, 6.45) is 0. The highest BCUT2D eigenvalue weighted by Crippen LogP contribution is 2.25. The van der Waals surface area contributed by atoms with Crippen molar-refractivity contribution in [2.75, 3.05) is 11.9 Å². The van der Waals surface area contributed by atoms with E-state index in [4.69, 9.17) is 23.2 Å². The van der Waals surface area contributed by atoms with E-state index in [1.54, 1.807) is 6.07 Å². The number of halogens is 2. The predicted molar refractivity (Wildman–Crippen MR) is 77.5 cm³/mol. The second kappa shape index (κ2) is 5.59. The van der Waals surface area contributed by atoms with Gasteiger partial charge in [-0.2, -0.15) is 0 Å². The normalized spacial score (nSPS) is 12.2. The topological polar surface area (TPSA) is 16.1 Å². The molecule has 94 valence electrons. The Morgan fingerprint density at radius 3 is 2.33 bits per heavy atom. The van der Waals surface area contributed by atoms with E-state index < -0.39 is 0 Å². The third-order valence-corrected chi connectivity index (χ3v) is 3.46. The van der Waals surface area contributed by atoms with Crippen LogP contribution in [0.4, 0.5) is 5.82 Å². The molecule has 0 amide bonds. The highest BCUT2D eigenvalue weighted by Gasteiger charge is 2.13. The lowest BCUT2D eigenvalue weighted by Crippen LogP contribution is -2.22. The molecule has 1 atom stereocenters. The van der Waals surface area contributed by atoms with E-state index in [0.29, 0.717) is 5.15 Å². The standard InChI is InChI=1S/C14H14Cl2N2/c1-10(11-6-8-12(15)9-7-11)18(2)14-5-3-4-13(16)17-14/h3-10H,1-2H3. The predicted octanol–water partition coefficient (Wildman–Crippen LogP) is 4.59. The van der Waals surface area contributed by atoms with E-state index in [9.17, 15) is 0 Å². The Balaban J connectivity index is 2.23. The lowest BCUT2D eigenvalue weighted by Gasteiger charge is -2.26. The van der Waals surface area contributed by atoms with Gasteiger partial charge in [-0.15, -0.1) is 0 Å². The summed E-state index contributed by atoms with van der Waals surface area (Å²) in [6.45, 7) is 2.12. The van der Waals surface area contributed by atoms with Crippen molar-refractivity contribution in [3.05, 3.63) is 58.2 Å². The van der Waals surface area contributed by atoms with Gasteiger partial charge in [0.2, 0.25) is 0 Å². The Bertz CT molecular complexity index is 526. The first-order valence-electron chi connectivity index (χ1n) is 5.69. The summed E-state index contributed by atoms with van der Waals surface area (Å²) in [4.78, 5) is 6.38. The van der Waals surface area contributed by atoms with E-state index in [0.717, 1.165) is 10.8 Å². The van der Waals surface area contributed by atoms with E-state index in [2.05, 4.69) is 16.8 Å². The molecule has 1 aromatic heterocycles. The van der Waals surface area contributed by atoms with Crippen molar-refractivity contribution < 1.29 is 0 Å². The summed E-state index contributed by atoms with van der Waals surface area (Å²) >= 11 is 11.8. The lowest BCUT2D eigenvalue weighted by molar-refractivity contribution is 0.729. The van der Waals surface area contributed by atoms with Gasteiger partial charge in [-0.3, -0.25) is 0 Å². The van der Waals surface area contributed by atoms with Crippen LogP contribution in [0.15, 0.2) is 42.5 Å². The van der Waals surface area contributed by atoms with Crippen LogP contribution in [0.2, 0.25) is 10.2 Å². The van der Waals surface area contributed by atoms with Crippen molar-refractivity contribution in [3.63, 3.8) is 0 Å². The van der Waals surface area contributed by atoms with Gasteiger partial charge in [0, 0.05) is 12.1 Å². The average Bonchev–Trinajstić information content (AvgIpc) is 2.38. The molecule has 0 bridgehead atoms. The number of benzene rings is 1. The summed E-state index contributed by atoms with van der Waals surface area (Å²) < 4.78 is 0. The first kappa shape index (κ1) is 13.2. The number of anilines is 1. The Hall–Kier alpha value is -1.25. The van der Waals surface area contributed by atoms with Gasteiger partial charge >= 0.3 is 0 Å². The molecule has 0 saturated heterocycles. The molecule has 18 heavy (non-hydrogen) atoms. The Morgan fingerprint density at radius 2 is 1.72 bits per heavy atom. The highest BCUT2D eigenvalue weighted by molar-refractivity contribution is 6.30. The van der Waals surface area contributed by atoms with Crippen LogP contribution in [0, 0.1) is 0 Å². The van der Waals surface area contributed by atoms with Gasteiger partial charge < -0.3 is 4.90 Å². The molecule has 2 aromatic rings. The molecular formula is C14H14Cl2N2. The van der Waals surface area contributed by atoms with Crippen molar-refractivity contribution in [2.24, 2.45) is 0 Å². The quantitative estimate of drug-likeness (QED) is 0.765. The van der Waals surface area contributed by atoms with Crippen LogP contribution in [0.3, 0.4) is 0 Å². The number of pyridine rings is 1. The maximum Gasteiger partial charge on any atom is 0.131 e. The SMILES string of the molecule is CC(c1ccc(Cl)cc1)N(C)c1cccc(Cl)n1. The van der Waals surface area contributed by atoms with Crippen molar-refractivity contribution in [1.82, 2.24) is 4.98 Å². The van der Waals surface area contributed by atoms with Gasteiger partial charge in [0.05, 0.1) is 6.04 Å². The fourth-order valence-electron chi connectivity index (χ4n) is 1.76. The van der Waals surface area contributed by atoms with Crippen LogP contribution in [0.1, 0.15) is 18.5 Å². The first-order valence-corrected chi connectivity index (χ1v) is 6.44. The maximum absolute atomic E-state index is 5.91. The molecule has 1 unspecified atom stereocenters. The van der Waals surface area contributed by atoms with Gasteiger partial charge in [0.25, 0.3) is 0 Å². The summed E-state index contributed by atoms with van der Waals surface area (Å²) in [6, 6.07) is 13.6. The zero-order chi connectivity index (χ0) is 13.1. The van der Waals surface area contributed by atoms with Gasteiger partial charge in [0.1, 0.15) is 11.0 Å². The molecule has 0 radical (unpaired) electrons. The number of aromatic nitrogens is 1. The molecule has 2 rings (SSSR count). The average molecular weight is 281 g/mol. The summed E-state index contributed by atoms with van der Waals surface area (Å²) in [5.74, 6) is 0.852. The molecule has 0 N–H and O–H groups in total. The molecule has 0 spiro atoms. The van der Waals surface area contributed by atoms with Crippen molar-refractivity contribution in [2.45, 2.75) is 13.0 Å². The molecule has 0 saturated carbocycles. The van der Waals surface area contributed by atoms with Gasteiger partial charge in [-0.1, -0.05) is 41.4 Å². The van der Waals surface area contributed by atoms with Crippen molar-refractivity contribution >= 4 is 29.0 Å². The second-order valence-corrected chi connectivity index (χ2v) is 4.98. The minimum atomic E-state index is 0.202. The fourth-order valence-corrected chi connectivity index (χ4v) is 2.04. The number of hydrogen-bond acceptors (Lipinski definition) is 2. The van der Waals surface area contributed by atoms with Crippen LogP contribution in [-0.4, -0.2) is 12.0 Å². The molecule has 0 aliphatic rings. The third kappa shape index (κ3) is 2.95. The van der Waals surface area contributed by atoms with Crippen molar-refractivity contribution in [1.29, 1.82) is 0 Å². The second-order valence-electron chi connectivity index (χ2n) is 4.16. The van der Waals surface area contributed by atoms with Crippen LogP contribution in [-0.2, 0) is 0 Å². The van der Waals surface area contributed by atoms with Crippen molar-refractivity contribution in [3.8, 4) is 0 Å². The van der Waals surface area contributed by atoms with E-state index >= 15 is 0 Å². The highest BCUT2D eigenvalue weighted by atomic mass is 35.5. The molecule has 0 aliphatic heterocycles. The largest absolute Gasteiger partial charge is 0.353 e. The van der Waals surface area contributed by atoms with E-state index in [-0.39, 0.29) is 6.04 Å². The van der Waals surface area contributed by atoms with E-state index in [1.807, 2.05) is 43.4 Å². The van der Waals surface area contributed by atoms with Crippen LogP contribution >= 0.6 is 23.2 Å². The number of rotatable bonds is 3. The Kier molecular flexibility index (Phi) is 4.10. The fraction of sp³-hybridized carbons (Fsp3) is 0.214. The third-order valence-electron chi connectivity index (χ3n) is 3.00. The minimum absolute atomic E-state index is 0.202. The molecule has 1 aromatic carbocycles. The van der Waals surface area contributed by atoms with Crippen LogP contribution in [0.25, 0.3) is 0 Å². The van der Waals surface area contributed by atoms with Gasteiger partial charge in [-0.05, 0) is 36.8 Å². The molecule has 0 aliphatic carbocycles. The first-order chi connectivity index (χ1) is 8.58. The zero-order valence-electron chi connectivity index (χ0n) is 10.3. The number of nitrogens with zero attached hydrogens (tertiary/aromatic N) is 2. The molecule has 0 fully saturated rings. The Labute approximate surface area is 117 Å². The zero-order valence-corrected chi connectivity index (χ0v) is 11.8. The van der Waals surface area contributed by atoms with Gasteiger partial charge in [0.15, 0.2) is 0 Å².